The number of hydrogen-bond acceptors (Lipinski definition) is 6. The Morgan fingerprint density at radius 3 is 2.64 bits per heavy atom. The first-order valence-corrected chi connectivity index (χ1v) is 8.14. The van der Waals surface area contributed by atoms with E-state index in [2.05, 4.69) is 37.7 Å². The van der Waals surface area contributed by atoms with Gasteiger partial charge in [0.1, 0.15) is 6.54 Å². The first kappa shape index (κ1) is 16.4. The number of aliphatic imine (C=N–C) groups is 1. The molecule has 0 saturated heterocycles. The molecule has 7 nitrogen and oxygen atoms in total. The highest BCUT2D eigenvalue weighted by atomic mass is 32.1. The smallest absolute Gasteiger partial charge is 0.248 e. The van der Waals surface area contributed by atoms with E-state index < -0.39 is 0 Å². The third-order valence-electron chi connectivity index (χ3n) is 2.99. The predicted molar refractivity (Wildman–Crippen MR) is 87.1 cm³/mol. The Labute approximate surface area is 134 Å². The van der Waals surface area contributed by atoms with Crippen LogP contribution in [0.2, 0.25) is 0 Å². The lowest BCUT2D eigenvalue weighted by Gasteiger charge is -2.09. The lowest BCUT2D eigenvalue weighted by Crippen LogP contribution is -2.38. The molecule has 2 aromatic heterocycles. The molecule has 120 valence electrons. The van der Waals surface area contributed by atoms with E-state index in [0.717, 1.165) is 36.2 Å². The van der Waals surface area contributed by atoms with Gasteiger partial charge in [0.2, 0.25) is 5.89 Å². The lowest BCUT2D eigenvalue weighted by molar-refractivity contribution is 0.376. The molecule has 0 spiro atoms. The van der Waals surface area contributed by atoms with Crippen molar-refractivity contribution in [2.45, 2.75) is 40.7 Å². The van der Waals surface area contributed by atoms with Crippen LogP contribution in [0.3, 0.4) is 0 Å². The van der Waals surface area contributed by atoms with E-state index in [1.165, 1.54) is 4.88 Å². The van der Waals surface area contributed by atoms with Gasteiger partial charge in [-0.3, -0.25) is 0 Å². The number of thiazole rings is 1. The summed E-state index contributed by atoms with van der Waals surface area (Å²) >= 11 is 1.75. The van der Waals surface area contributed by atoms with Crippen molar-refractivity contribution in [2.24, 2.45) is 4.99 Å². The lowest BCUT2D eigenvalue weighted by atomic mass is 10.4. The third-order valence-corrected chi connectivity index (χ3v) is 4.12. The first-order valence-electron chi connectivity index (χ1n) is 7.32. The zero-order chi connectivity index (χ0) is 15.9. The molecule has 0 aliphatic rings. The van der Waals surface area contributed by atoms with Crippen LogP contribution in [-0.4, -0.2) is 34.2 Å². The van der Waals surface area contributed by atoms with Crippen LogP contribution in [0.4, 0.5) is 0 Å². The van der Waals surface area contributed by atoms with Gasteiger partial charge in [-0.05, 0) is 27.7 Å². The van der Waals surface area contributed by atoms with Gasteiger partial charge in [0, 0.05) is 24.4 Å². The average molecular weight is 322 g/mol. The van der Waals surface area contributed by atoms with Crippen molar-refractivity contribution in [3.8, 4) is 0 Å². The van der Waals surface area contributed by atoms with E-state index in [9.17, 15) is 0 Å². The molecule has 0 amide bonds. The fourth-order valence-corrected chi connectivity index (χ4v) is 2.76. The Morgan fingerprint density at radius 1 is 1.23 bits per heavy atom. The largest absolute Gasteiger partial charge is 0.357 e. The summed E-state index contributed by atoms with van der Waals surface area (Å²) in [6.07, 6.45) is 0.878. The summed E-state index contributed by atoms with van der Waals surface area (Å²) in [7, 11) is 0. The summed E-state index contributed by atoms with van der Waals surface area (Å²) < 4.78 is 5.05. The van der Waals surface area contributed by atoms with Crippen molar-refractivity contribution >= 4 is 17.3 Å². The van der Waals surface area contributed by atoms with Crippen LogP contribution in [0.5, 0.6) is 0 Å². The van der Waals surface area contributed by atoms with Gasteiger partial charge in [-0.2, -0.15) is 4.98 Å². The number of guanidine groups is 1. The highest BCUT2D eigenvalue weighted by molar-refractivity contribution is 7.11. The number of hydrogen-bond donors (Lipinski definition) is 2. The SMILES string of the molecule is CCNC(=NCc1nc(C)no1)NCCc1nc(C)c(C)s1. The topological polar surface area (TPSA) is 88.2 Å². The van der Waals surface area contributed by atoms with Crippen LogP contribution in [-0.2, 0) is 13.0 Å². The minimum absolute atomic E-state index is 0.367. The molecular formula is C14H22N6OS. The Bertz CT molecular complexity index is 614. The summed E-state index contributed by atoms with van der Waals surface area (Å²) in [5.41, 5.74) is 1.12. The maximum Gasteiger partial charge on any atom is 0.248 e. The van der Waals surface area contributed by atoms with Gasteiger partial charge >= 0.3 is 0 Å². The minimum atomic E-state index is 0.367. The minimum Gasteiger partial charge on any atom is -0.357 e. The zero-order valence-electron chi connectivity index (χ0n) is 13.4. The van der Waals surface area contributed by atoms with Crippen molar-refractivity contribution in [2.75, 3.05) is 13.1 Å². The molecule has 0 fully saturated rings. The Hall–Kier alpha value is -1.96. The summed E-state index contributed by atoms with van der Waals surface area (Å²) in [4.78, 5) is 14.4. The fourth-order valence-electron chi connectivity index (χ4n) is 1.83. The average Bonchev–Trinajstić information content (AvgIpc) is 3.03. The van der Waals surface area contributed by atoms with Crippen molar-refractivity contribution < 1.29 is 4.52 Å². The highest BCUT2D eigenvalue weighted by Gasteiger charge is 2.05. The molecule has 2 N–H and O–H groups in total. The van der Waals surface area contributed by atoms with Crippen molar-refractivity contribution in [1.29, 1.82) is 0 Å². The van der Waals surface area contributed by atoms with Crippen molar-refractivity contribution in [1.82, 2.24) is 25.8 Å². The molecule has 0 radical (unpaired) electrons. The molecule has 8 heteroatoms. The molecule has 0 bridgehead atoms. The summed E-state index contributed by atoms with van der Waals surface area (Å²) in [6, 6.07) is 0. The van der Waals surface area contributed by atoms with Crippen LogP contribution >= 0.6 is 11.3 Å². The second kappa shape index (κ2) is 7.88. The normalized spacial score (nSPS) is 11.7. The number of rotatable bonds is 6. The predicted octanol–water partition coefficient (Wildman–Crippen LogP) is 1.75. The quantitative estimate of drug-likeness (QED) is 0.622. The van der Waals surface area contributed by atoms with E-state index in [-0.39, 0.29) is 0 Å². The maximum atomic E-state index is 5.05. The number of aromatic nitrogens is 3. The molecule has 2 aromatic rings. The molecule has 2 rings (SSSR count). The van der Waals surface area contributed by atoms with E-state index in [1.807, 2.05) is 13.8 Å². The van der Waals surface area contributed by atoms with Gasteiger partial charge < -0.3 is 15.2 Å². The molecule has 22 heavy (non-hydrogen) atoms. The third kappa shape index (κ3) is 4.80. The molecule has 0 unspecified atom stereocenters. The molecule has 2 heterocycles. The van der Waals surface area contributed by atoms with Gasteiger partial charge in [-0.15, -0.1) is 11.3 Å². The van der Waals surface area contributed by atoms with Gasteiger partial charge in [0.15, 0.2) is 11.8 Å². The van der Waals surface area contributed by atoms with E-state index in [0.29, 0.717) is 18.3 Å². The van der Waals surface area contributed by atoms with Gasteiger partial charge in [0.25, 0.3) is 0 Å². The van der Waals surface area contributed by atoms with Gasteiger partial charge in [0.05, 0.1) is 10.7 Å². The van der Waals surface area contributed by atoms with E-state index in [1.54, 1.807) is 18.3 Å². The van der Waals surface area contributed by atoms with Gasteiger partial charge in [-0.1, -0.05) is 5.16 Å². The second-order valence-electron chi connectivity index (χ2n) is 4.86. The molecular weight excluding hydrogens is 300 g/mol. The number of aryl methyl sites for hydroxylation is 3. The van der Waals surface area contributed by atoms with Crippen LogP contribution in [0.15, 0.2) is 9.52 Å². The standard InChI is InChI=1S/C14H22N6OS/c1-5-15-14(17-8-12-19-11(4)20-21-12)16-7-6-13-18-9(2)10(3)22-13/h5-8H2,1-4H3,(H2,15,16,17). The van der Waals surface area contributed by atoms with Crippen molar-refractivity contribution in [3.05, 3.63) is 27.3 Å². The molecule has 0 aliphatic carbocycles. The number of nitrogens with one attached hydrogen (secondary N) is 2. The first-order chi connectivity index (χ1) is 10.6. The molecule has 0 saturated carbocycles. The fraction of sp³-hybridized carbons (Fsp3) is 0.571. The zero-order valence-corrected chi connectivity index (χ0v) is 14.3. The van der Waals surface area contributed by atoms with Crippen molar-refractivity contribution in [3.63, 3.8) is 0 Å². The highest BCUT2D eigenvalue weighted by Crippen LogP contribution is 2.16. The van der Waals surface area contributed by atoms with Crippen LogP contribution in [0, 0.1) is 20.8 Å². The second-order valence-corrected chi connectivity index (χ2v) is 6.14. The Kier molecular flexibility index (Phi) is 5.88. The van der Waals surface area contributed by atoms with E-state index >= 15 is 0 Å². The monoisotopic (exact) mass is 322 g/mol. The molecule has 0 aromatic carbocycles. The summed E-state index contributed by atoms with van der Waals surface area (Å²) in [6.45, 7) is 9.90. The van der Waals surface area contributed by atoms with Gasteiger partial charge in [-0.25, -0.2) is 9.98 Å². The number of nitrogens with zero attached hydrogens (tertiary/aromatic N) is 4. The Morgan fingerprint density at radius 2 is 2.05 bits per heavy atom. The van der Waals surface area contributed by atoms with E-state index in [4.69, 9.17) is 4.52 Å². The van der Waals surface area contributed by atoms with Crippen LogP contribution in [0.1, 0.15) is 34.2 Å². The summed E-state index contributed by atoms with van der Waals surface area (Å²) in [5.74, 6) is 1.88. The Balaban J connectivity index is 1.85. The van der Waals surface area contributed by atoms with Crippen LogP contribution in [0.25, 0.3) is 0 Å². The maximum absolute atomic E-state index is 5.05. The van der Waals surface area contributed by atoms with Crippen LogP contribution < -0.4 is 10.6 Å². The molecule has 0 atom stereocenters. The summed E-state index contributed by atoms with van der Waals surface area (Å²) in [5, 5.41) is 11.4. The molecule has 0 aliphatic heterocycles.